The molecule has 9 nitrogen and oxygen atoms in total. The van der Waals surface area contributed by atoms with Crippen molar-refractivity contribution in [1.82, 2.24) is 25.2 Å². The van der Waals surface area contributed by atoms with Gasteiger partial charge in [-0.2, -0.15) is 4.98 Å². The lowest BCUT2D eigenvalue weighted by Crippen LogP contribution is -2.40. The predicted molar refractivity (Wildman–Crippen MR) is 124 cm³/mol. The minimum Gasteiger partial charge on any atom is -0.356 e. The third-order valence-electron chi connectivity index (χ3n) is 5.51. The van der Waals surface area contributed by atoms with Crippen LogP contribution in [-0.2, 0) is 22.7 Å². The molecule has 0 unspecified atom stereocenters. The van der Waals surface area contributed by atoms with Crippen molar-refractivity contribution in [2.24, 2.45) is 5.92 Å². The van der Waals surface area contributed by atoms with Crippen molar-refractivity contribution < 1.29 is 9.59 Å². The van der Waals surface area contributed by atoms with E-state index in [0.29, 0.717) is 36.5 Å². The summed E-state index contributed by atoms with van der Waals surface area (Å²) in [5.41, 5.74) is 1.11. The molecule has 2 aromatic heterocycles. The van der Waals surface area contributed by atoms with Gasteiger partial charge in [-0.1, -0.05) is 41.7 Å². The topological polar surface area (TPSA) is 109 Å². The maximum Gasteiger partial charge on any atom is 0.273 e. The zero-order valence-electron chi connectivity index (χ0n) is 17.9. The summed E-state index contributed by atoms with van der Waals surface area (Å²) in [7, 11) is 0. The molecule has 3 aromatic rings. The number of amides is 2. The van der Waals surface area contributed by atoms with Gasteiger partial charge in [-0.3, -0.25) is 19.0 Å². The molecule has 0 spiro atoms. The molecule has 32 heavy (non-hydrogen) atoms. The first-order valence-electron chi connectivity index (χ1n) is 10.7. The van der Waals surface area contributed by atoms with Crippen LogP contribution < -0.4 is 21.1 Å². The molecule has 2 amide bonds. The van der Waals surface area contributed by atoms with E-state index in [4.69, 9.17) is 0 Å². The van der Waals surface area contributed by atoms with Crippen LogP contribution in [0.25, 0.3) is 10.3 Å². The van der Waals surface area contributed by atoms with Gasteiger partial charge in [0.05, 0.1) is 0 Å². The van der Waals surface area contributed by atoms with Crippen LogP contribution in [0.4, 0.5) is 5.13 Å². The molecular weight excluding hydrogens is 428 g/mol. The van der Waals surface area contributed by atoms with Crippen molar-refractivity contribution >= 4 is 38.6 Å². The molecule has 1 fully saturated rings. The second kappa shape index (κ2) is 9.90. The van der Waals surface area contributed by atoms with Gasteiger partial charge in [-0.25, -0.2) is 4.98 Å². The lowest BCUT2D eigenvalue weighted by atomic mass is 9.96. The quantitative estimate of drug-likeness (QED) is 0.560. The number of anilines is 1. The highest BCUT2D eigenvalue weighted by Crippen LogP contribution is 2.29. The number of nitrogens with one attached hydrogen (secondary N) is 2. The van der Waals surface area contributed by atoms with E-state index in [1.165, 1.54) is 22.2 Å². The van der Waals surface area contributed by atoms with Gasteiger partial charge in [0, 0.05) is 32.1 Å². The number of benzene rings is 1. The Hall–Kier alpha value is -3.27. The van der Waals surface area contributed by atoms with Crippen LogP contribution >= 0.6 is 11.3 Å². The number of fused-ring (bicyclic) bond motifs is 1. The third-order valence-corrected chi connectivity index (χ3v) is 6.60. The predicted octanol–water partition coefficient (Wildman–Crippen LogP) is 1.52. The maximum absolute atomic E-state index is 12.9. The van der Waals surface area contributed by atoms with Gasteiger partial charge in [-0.05, 0) is 25.3 Å². The fourth-order valence-corrected chi connectivity index (χ4v) is 4.76. The van der Waals surface area contributed by atoms with Crippen LogP contribution in [0.1, 0.15) is 25.3 Å². The van der Waals surface area contributed by atoms with E-state index in [9.17, 15) is 14.4 Å². The van der Waals surface area contributed by atoms with Gasteiger partial charge in [0.15, 0.2) is 10.8 Å². The summed E-state index contributed by atoms with van der Waals surface area (Å²) in [4.78, 5) is 48.1. The van der Waals surface area contributed by atoms with E-state index >= 15 is 0 Å². The zero-order valence-corrected chi connectivity index (χ0v) is 18.7. The lowest BCUT2D eigenvalue weighted by Gasteiger charge is -2.30. The van der Waals surface area contributed by atoms with Crippen molar-refractivity contribution in [3.8, 4) is 0 Å². The Labute approximate surface area is 189 Å². The molecule has 10 heteroatoms. The molecule has 0 bridgehead atoms. The van der Waals surface area contributed by atoms with E-state index in [0.717, 1.165) is 23.5 Å². The van der Waals surface area contributed by atoms with Gasteiger partial charge >= 0.3 is 0 Å². The van der Waals surface area contributed by atoms with Crippen molar-refractivity contribution in [3.63, 3.8) is 0 Å². The highest BCUT2D eigenvalue weighted by molar-refractivity contribution is 7.22. The summed E-state index contributed by atoms with van der Waals surface area (Å²) >= 11 is 1.29. The summed E-state index contributed by atoms with van der Waals surface area (Å²) in [6.45, 7) is 4.27. The number of rotatable bonds is 7. The van der Waals surface area contributed by atoms with E-state index < -0.39 is 0 Å². The Morgan fingerprint density at radius 2 is 1.91 bits per heavy atom. The Kier molecular flexibility index (Phi) is 6.79. The average Bonchev–Trinajstić information content (AvgIpc) is 3.26. The molecule has 3 heterocycles. The second-order valence-electron chi connectivity index (χ2n) is 7.75. The Morgan fingerprint density at radius 1 is 1.16 bits per heavy atom. The molecule has 168 valence electrons. The molecule has 2 N–H and O–H groups in total. The van der Waals surface area contributed by atoms with Crippen LogP contribution in [-0.4, -0.2) is 46.0 Å². The van der Waals surface area contributed by atoms with Gasteiger partial charge in [0.1, 0.15) is 17.6 Å². The summed E-state index contributed by atoms with van der Waals surface area (Å²) in [5.74, 6) is -0.133. The summed E-state index contributed by atoms with van der Waals surface area (Å²) in [6.07, 6.45) is 2.87. The van der Waals surface area contributed by atoms with Crippen LogP contribution in [0.3, 0.4) is 0 Å². The largest absolute Gasteiger partial charge is 0.356 e. The summed E-state index contributed by atoms with van der Waals surface area (Å²) in [5, 5.41) is 6.43. The first-order valence-corrected chi connectivity index (χ1v) is 11.6. The Bertz CT molecular complexity index is 1150. The van der Waals surface area contributed by atoms with Gasteiger partial charge in [0.2, 0.25) is 11.8 Å². The SMILES string of the molecule is CCNC(=O)C1CCN(c2nc3ncn(CC(=O)NCc4ccccc4)c(=O)c3s2)CC1. The molecule has 0 radical (unpaired) electrons. The van der Waals surface area contributed by atoms with Crippen LogP contribution in [0.15, 0.2) is 41.5 Å². The standard InChI is InChI=1S/C22H26N6O3S/c1-2-23-20(30)16-8-10-27(11-9-16)22-26-19-18(32-22)21(31)28(14-25-19)13-17(29)24-12-15-6-4-3-5-7-15/h3-7,14,16H,2,8-13H2,1H3,(H,23,30)(H,24,29). The second-order valence-corrected chi connectivity index (χ2v) is 8.72. The highest BCUT2D eigenvalue weighted by Gasteiger charge is 2.26. The van der Waals surface area contributed by atoms with E-state index in [-0.39, 0.29) is 29.8 Å². The van der Waals surface area contributed by atoms with Crippen molar-refractivity contribution in [3.05, 3.63) is 52.6 Å². The number of hydrogen-bond donors (Lipinski definition) is 2. The normalized spacial score (nSPS) is 14.5. The average molecular weight is 455 g/mol. The number of carbonyl (C=O) groups is 2. The highest BCUT2D eigenvalue weighted by atomic mass is 32.1. The smallest absolute Gasteiger partial charge is 0.273 e. The van der Waals surface area contributed by atoms with E-state index in [1.54, 1.807) is 0 Å². The Balaban J connectivity index is 1.41. The van der Waals surface area contributed by atoms with Crippen molar-refractivity contribution in [2.75, 3.05) is 24.5 Å². The maximum atomic E-state index is 12.9. The van der Waals surface area contributed by atoms with E-state index in [1.807, 2.05) is 37.3 Å². The molecule has 1 saturated heterocycles. The molecule has 0 saturated carbocycles. The van der Waals surface area contributed by atoms with Crippen molar-refractivity contribution in [2.45, 2.75) is 32.9 Å². The minimum atomic E-state index is -0.272. The van der Waals surface area contributed by atoms with Gasteiger partial charge in [-0.15, -0.1) is 0 Å². The number of thiazole rings is 1. The summed E-state index contributed by atoms with van der Waals surface area (Å²) < 4.78 is 1.75. The van der Waals surface area contributed by atoms with Crippen molar-refractivity contribution in [1.29, 1.82) is 0 Å². The number of piperidine rings is 1. The fraction of sp³-hybridized carbons (Fsp3) is 0.409. The van der Waals surface area contributed by atoms with Crippen LogP contribution in [0.5, 0.6) is 0 Å². The summed E-state index contributed by atoms with van der Waals surface area (Å²) in [6, 6.07) is 9.59. The first kappa shape index (κ1) is 21.9. The molecular formula is C22H26N6O3S. The van der Waals surface area contributed by atoms with Crippen LogP contribution in [0.2, 0.25) is 0 Å². The van der Waals surface area contributed by atoms with E-state index in [2.05, 4.69) is 25.5 Å². The molecule has 1 aromatic carbocycles. The molecule has 0 atom stereocenters. The Morgan fingerprint density at radius 3 is 2.62 bits per heavy atom. The molecule has 1 aliphatic rings. The number of nitrogens with zero attached hydrogens (tertiary/aromatic N) is 4. The molecule has 4 rings (SSSR count). The fourth-order valence-electron chi connectivity index (χ4n) is 3.74. The number of aromatic nitrogens is 3. The van der Waals surface area contributed by atoms with Crippen LogP contribution in [0, 0.1) is 5.92 Å². The number of hydrogen-bond acceptors (Lipinski definition) is 7. The number of carbonyl (C=O) groups excluding carboxylic acids is 2. The first-order chi connectivity index (χ1) is 15.5. The zero-order chi connectivity index (χ0) is 22.5. The molecule has 1 aliphatic heterocycles. The minimum absolute atomic E-state index is 0.0188. The van der Waals surface area contributed by atoms with Gasteiger partial charge < -0.3 is 15.5 Å². The lowest BCUT2D eigenvalue weighted by molar-refractivity contribution is -0.125. The molecule has 0 aliphatic carbocycles. The van der Waals surface area contributed by atoms with Gasteiger partial charge in [0.25, 0.3) is 5.56 Å². The third kappa shape index (κ3) is 4.96. The monoisotopic (exact) mass is 454 g/mol.